The zero-order valence-electron chi connectivity index (χ0n) is 17.5. The molecule has 1 N–H and O–H groups in total. The number of rotatable bonds is 9. The van der Waals surface area contributed by atoms with Gasteiger partial charge in [0.15, 0.2) is 8.32 Å². The van der Waals surface area contributed by atoms with Crippen molar-refractivity contribution in [2.45, 2.75) is 110 Å². The number of ketones is 1. The molecule has 0 saturated heterocycles. The summed E-state index contributed by atoms with van der Waals surface area (Å²) < 4.78 is 6.57. The van der Waals surface area contributed by atoms with Crippen molar-refractivity contribution in [2.24, 2.45) is 5.92 Å². The molecule has 1 aliphatic rings. The van der Waals surface area contributed by atoms with E-state index in [1.807, 2.05) is 6.92 Å². The highest BCUT2D eigenvalue weighted by Gasteiger charge is 2.41. The van der Waals surface area contributed by atoms with Crippen LogP contribution >= 0.6 is 0 Å². The maximum atomic E-state index is 12.8. The second kappa shape index (κ2) is 9.47. The van der Waals surface area contributed by atoms with Crippen molar-refractivity contribution in [1.29, 1.82) is 0 Å². The Bertz CT molecular complexity index is 462. The van der Waals surface area contributed by atoms with Gasteiger partial charge in [-0.3, -0.25) is 4.79 Å². The predicted molar refractivity (Wildman–Crippen MR) is 108 cm³/mol. The van der Waals surface area contributed by atoms with Crippen molar-refractivity contribution < 1.29 is 14.3 Å². The van der Waals surface area contributed by atoms with Crippen molar-refractivity contribution >= 4 is 14.1 Å². The topological polar surface area (TPSA) is 46.5 Å². The minimum Gasteiger partial charge on any atom is -0.413 e. The van der Waals surface area contributed by atoms with E-state index in [-0.39, 0.29) is 29.3 Å². The number of allylic oxidation sites excluding steroid dienone is 1. The first-order valence-corrected chi connectivity index (χ1v) is 13.0. The molecule has 0 heterocycles. The summed E-state index contributed by atoms with van der Waals surface area (Å²) in [5.74, 6) is -0.0240. The van der Waals surface area contributed by atoms with Crippen LogP contribution in [0.4, 0.5) is 0 Å². The van der Waals surface area contributed by atoms with Crippen LogP contribution in [0.15, 0.2) is 11.6 Å². The fraction of sp³-hybridized carbons (Fsp3) is 0.857. The van der Waals surface area contributed by atoms with Crippen LogP contribution in [0.25, 0.3) is 0 Å². The average molecular weight is 369 g/mol. The third-order valence-electron chi connectivity index (χ3n) is 6.04. The minimum atomic E-state index is -1.91. The summed E-state index contributed by atoms with van der Waals surface area (Å²) in [4.78, 5) is 12.8. The largest absolute Gasteiger partial charge is 0.413 e. The van der Waals surface area contributed by atoms with Crippen molar-refractivity contribution in [2.75, 3.05) is 0 Å². The Morgan fingerprint density at radius 1 is 1.32 bits per heavy atom. The van der Waals surface area contributed by atoms with Gasteiger partial charge in [0.05, 0.1) is 12.2 Å². The Morgan fingerprint density at radius 2 is 1.96 bits per heavy atom. The van der Waals surface area contributed by atoms with Crippen LogP contribution in [0.3, 0.4) is 0 Å². The number of aliphatic hydroxyl groups is 1. The van der Waals surface area contributed by atoms with Crippen LogP contribution in [-0.4, -0.2) is 31.4 Å². The lowest BCUT2D eigenvalue weighted by Gasteiger charge is -2.40. The van der Waals surface area contributed by atoms with Gasteiger partial charge in [-0.05, 0) is 55.8 Å². The maximum Gasteiger partial charge on any atom is 0.192 e. The average Bonchev–Trinajstić information content (AvgIpc) is 2.53. The second-order valence-electron chi connectivity index (χ2n) is 9.21. The van der Waals surface area contributed by atoms with Crippen LogP contribution in [0, 0.1) is 5.92 Å². The van der Waals surface area contributed by atoms with Crippen LogP contribution in [0.2, 0.25) is 18.1 Å². The van der Waals surface area contributed by atoms with E-state index in [2.05, 4.69) is 46.9 Å². The highest BCUT2D eigenvalue weighted by molar-refractivity contribution is 6.74. The molecular formula is C21H40O3Si. The summed E-state index contributed by atoms with van der Waals surface area (Å²) in [6.07, 6.45) is 7.90. The van der Waals surface area contributed by atoms with Crippen LogP contribution in [0.1, 0.15) is 79.6 Å². The zero-order valence-corrected chi connectivity index (χ0v) is 18.5. The molecule has 0 spiro atoms. The molecule has 25 heavy (non-hydrogen) atoms. The maximum absolute atomic E-state index is 12.8. The quantitative estimate of drug-likeness (QED) is 0.423. The summed E-state index contributed by atoms with van der Waals surface area (Å²) in [5.41, 5.74) is 1.06. The fourth-order valence-electron chi connectivity index (χ4n) is 3.13. The summed E-state index contributed by atoms with van der Waals surface area (Å²) in [7, 11) is -1.91. The van der Waals surface area contributed by atoms with Gasteiger partial charge in [-0.25, -0.2) is 0 Å². The number of carbonyl (C=O) groups excluding carboxylic acids is 1. The first-order chi connectivity index (χ1) is 11.5. The number of Topliss-reactive ketones (excluding diaryl/α,β-unsaturated/α-hetero) is 1. The highest BCUT2D eigenvalue weighted by Crippen LogP contribution is 2.39. The van der Waals surface area contributed by atoms with E-state index in [0.29, 0.717) is 0 Å². The third-order valence-corrected chi connectivity index (χ3v) is 10.5. The van der Waals surface area contributed by atoms with E-state index >= 15 is 0 Å². The minimum absolute atomic E-state index is 0.0362. The summed E-state index contributed by atoms with van der Waals surface area (Å²) in [6, 6.07) is 0. The van der Waals surface area contributed by atoms with Gasteiger partial charge in [-0.2, -0.15) is 0 Å². The van der Waals surface area contributed by atoms with E-state index in [0.717, 1.165) is 37.7 Å². The molecule has 0 radical (unpaired) electrons. The molecule has 4 heteroatoms. The Balaban J connectivity index is 2.75. The molecule has 3 nitrogen and oxygen atoms in total. The molecule has 0 aromatic rings. The Labute approximate surface area is 156 Å². The number of aliphatic hydroxyl groups excluding tert-OH is 1. The zero-order chi connectivity index (χ0) is 19.3. The molecule has 0 aliphatic heterocycles. The monoisotopic (exact) mass is 368 g/mol. The van der Waals surface area contributed by atoms with Gasteiger partial charge < -0.3 is 9.53 Å². The Morgan fingerprint density at radius 3 is 2.44 bits per heavy atom. The summed E-state index contributed by atoms with van der Waals surface area (Å²) in [6.45, 7) is 15.3. The predicted octanol–water partition coefficient (Wildman–Crippen LogP) is 5.63. The molecule has 0 bridgehead atoms. The first kappa shape index (κ1) is 22.6. The van der Waals surface area contributed by atoms with Crippen molar-refractivity contribution in [1.82, 2.24) is 0 Å². The molecule has 0 aromatic heterocycles. The van der Waals surface area contributed by atoms with Crippen molar-refractivity contribution in [3.05, 3.63) is 11.6 Å². The first-order valence-electron chi connectivity index (χ1n) is 10.1. The van der Waals surface area contributed by atoms with Gasteiger partial charge in [0.1, 0.15) is 5.78 Å². The SMILES string of the molecule is CCC[C@H](O[Si](C)(C)C(C)(C)C)[C@@H](C)C(=O)C[C@@H](O)C1=CCCCC1. The van der Waals surface area contributed by atoms with Gasteiger partial charge in [-0.1, -0.05) is 47.1 Å². The second-order valence-corrected chi connectivity index (χ2v) is 14.0. The molecule has 0 fully saturated rings. The Kier molecular flexibility index (Phi) is 8.56. The molecule has 146 valence electrons. The van der Waals surface area contributed by atoms with E-state index in [9.17, 15) is 9.90 Å². The van der Waals surface area contributed by atoms with Crippen LogP contribution in [-0.2, 0) is 9.22 Å². The number of carbonyl (C=O) groups is 1. The standard InChI is InChI=1S/C21H40O3Si/c1-8-12-20(24-25(6,7)21(3,4)5)16(2)18(22)15-19(23)17-13-10-9-11-14-17/h13,16,19-20,23H,8-12,14-15H2,1-7H3/t16-,19+,20-/m0/s1. The van der Waals surface area contributed by atoms with Gasteiger partial charge >= 0.3 is 0 Å². The lowest BCUT2D eigenvalue weighted by atomic mass is 9.88. The number of hydrogen-bond acceptors (Lipinski definition) is 3. The molecule has 1 rings (SSSR count). The van der Waals surface area contributed by atoms with Gasteiger partial charge in [0.25, 0.3) is 0 Å². The molecule has 0 amide bonds. The van der Waals surface area contributed by atoms with E-state index in [1.54, 1.807) is 0 Å². The smallest absolute Gasteiger partial charge is 0.192 e. The molecule has 1 aliphatic carbocycles. The van der Waals surface area contributed by atoms with Gasteiger partial charge in [0.2, 0.25) is 0 Å². The van der Waals surface area contributed by atoms with Gasteiger partial charge in [-0.15, -0.1) is 0 Å². The van der Waals surface area contributed by atoms with E-state index in [1.165, 1.54) is 6.42 Å². The van der Waals surface area contributed by atoms with Crippen LogP contribution in [0.5, 0.6) is 0 Å². The summed E-state index contributed by atoms with van der Waals surface area (Å²) in [5, 5.41) is 10.6. The fourth-order valence-corrected chi connectivity index (χ4v) is 4.56. The summed E-state index contributed by atoms with van der Waals surface area (Å²) >= 11 is 0. The van der Waals surface area contributed by atoms with E-state index in [4.69, 9.17) is 4.43 Å². The number of hydrogen-bond donors (Lipinski definition) is 1. The van der Waals surface area contributed by atoms with Crippen molar-refractivity contribution in [3.8, 4) is 0 Å². The highest BCUT2D eigenvalue weighted by atomic mass is 28.4. The van der Waals surface area contributed by atoms with E-state index < -0.39 is 14.4 Å². The molecule has 3 atom stereocenters. The lowest BCUT2D eigenvalue weighted by Crippen LogP contribution is -2.46. The molecular weight excluding hydrogens is 328 g/mol. The molecule has 0 aromatic carbocycles. The third kappa shape index (κ3) is 6.65. The molecule has 0 unspecified atom stereocenters. The lowest BCUT2D eigenvalue weighted by molar-refractivity contribution is -0.127. The van der Waals surface area contributed by atoms with Gasteiger partial charge in [0, 0.05) is 12.3 Å². The van der Waals surface area contributed by atoms with Crippen molar-refractivity contribution in [3.63, 3.8) is 0 Å². The Hall–Kier alpha value is -0.453. The van der Waals surface area contributed by atoms with Crippen LogP contribution < -0.4 is 0 Å². The molecule has 0 saturated carbocycles. The normalized spacial score (nSPS) is 19.9.